The zero-order valence-corrected chi connectivity index (χ0v) is 14.0. The normalized spacial score (nSPS) is 12.6. The van der Waals surface area contributed by atoms with E-state index >= 15 is 0 Å². The van der Waals surface area contributed by atoms with Gasteiger partial charge >= 0.3 is 6.18 Å². The molecule has 0 aliphatic heterocycles. The number of aryl methyl sites for hydroxylation is 2. The summed E-state index contributed by atoms with van der Waals surface area (Å²) in [5.41, 5.74) is 6.10. The molecule has 7 nitrogen and oxygen atoms in total. The summed E-state index contributed by atoms with van der Waals surface area (Å²) in [6.07, 6.45) is -4.75. The van der Waals surface area contributed by atoms with Gasteiger partial charge in [-0.25, -0.2) is 18.3 Å². The molecule has 0 saturated carbocycles. The summed E-state index contributed by atoms with van der Waals surface area (Å²) in [5, 5.41) is 5.47. The minimum atomic E-state index is -4.71. The molecule has 144 valence electrons. The molecule has 0 saturated heterocycles. The Hall–Kier alpha value is -2.37. The summed E-state index contributed by atoms with van der Waals surface area (Å²) in [6, 6.07) is 0. The molecular weight excluding hydrogens is 363 g/mol. The molecule has 2 heterocycles. The fourth-order valence-corrected chi connectivity index (χ4v) is 2.32. The lowest BCUT2D eigenvalue weighted by molar-refractivity contribution is -0.144. The van der Waals surface area contributed by atoms with E-state index in [1.165, 1.54) is 6.92 Å². The smallest absolute Gasteiger partial charge is 0.350 e. The molecule has 3 N–H and O–H groups in total. The number of alkyl halides is 5. The van der Waals surface area contributed by atoms with Gasteiger partial charge in [-0.15, -0.1) is 5.10 Å². The van der Waals surface area contributed by atoms with Gasteiger partial charge in [0.25, 0.3) is 17.5 Å². The number of carbonyl (C=O) groups is 1. The average Bonchev–Trinajstić information content (AvgIpc) is 2.97. The maximum Gasteiger partial charge on any atom is 0.453 e. The van der Waals surface area contributed by atoms with E-state index < -0.39 is 36.9 Å². The predicted molar refractivity (Wildman–Crippen MR) is 80.6 cm³/mol. The van der Waals surface area contributed by atoms with Crippen molar-refractivity contribution in [2.24, 2.45) is 5.73 Å². The van der Waals surface area contributed by atoms with Crippen molar-refractivity contribution in [2.45, 2.75) is 38.8 Å². The molecule has 0 radical (unpaired) electrons. The van der Waals surface area contributed by atoms with E-state index in [0.717, 1.165) is 4.52 Å². The number of hydrogen-bond donors (Lipinski definition) is 2. The molecule has 0 unspecified atom stereocenters. The van der Waals surface area contributed by atoms with Crippen LogP contribution < -0.4 is 11.1 Å². The van der Waals surface area contributed by atoms with Crippen LogP contribution in [0.25, 0.3) is 5.78 Å². The molecule has 1 amide bonds. The van der Waals surface area contributed by atoms with Crippen LogP contribution in [-0.4, -0.2) is 44.5 Å². The Morgan fingerprint density at radius 3 is 2.42 bits per heavy atom. The number of fused-ring (bicyclic) bond motifs is 1. The second kappa shape index (κ2) is 7.09. The van der Waals surface area contributed by atoms with Crippen LogP contribution in [0.2, 0.25) is 0 Å². The highest BCUT2D eigenvalue weighted by Gasteiger charge is 2.37. The minimum Gasteiger partial charge on any atom is -0.350 e. The van der Waals surface area contributed by atoms with Crippen molar-refractivity contribution < 1.29 is 26.7 Å². The minimum absolute atomic E-state index is 0.0991. The van der Waals surface area contributed by atoms with Gasteiger partial charge in [0.1, 0.15) is 0 Å². The number of nitrogens with two attached hydrogens (primary N) is 1. The van der Waals surface area contributed by atoms with Crippen molar-refractivity contribution in [3.8, 4) is 0 Å². The molecule has 2 aromatic heterocycles. The van der Waals surface area contributed by atoms with Gasteiger partial charge in [0.05, 0.1) is 13.1 Å². The first-order chi connectivity index (χ1) is 11.9. The Balaban J connectivity index is 2.16. The molecule has 2 rings (SSSR count). The van der Waals surface area contributed by atoms with E-state index in [2.05, 4.69) is 20.4 Å². The predicted octanol–water partition coefficient (Wildman–Crippen LogP) is 1.40. The van der Waals surface area contributed by atoms with Gasteiger partial charge in [-0.1, -0.05) is 0 Å². The second-order valence-electron chi connectivity index (χ2n) is 5.74. The van der Waals surface area contributed by atoms with Gasteiger partial charge in [0.15, 0.2) is 0 Å². The maximum absolute atomic E-state index is 13.0. The number of carbonyl (C=O) groups excluding carboxylic acids is 1. The first kappa shape index (κ1) is 19.9. The van der Waals surface area contributed by atoms with E-state index in [0.29, 0.717) is 17.0 Å². The van der Waals surface area contributed by atoms with Crippen molar-refractivity contribution in [3.63, 3.8) is 0 Å². The summed E-state index contributed by atoms with van der Waals surface area (Å²) < 4.78 is 65.2. The van der Waals surface area contributed by atoms with Gasteiger partial charge in [-0.05, 0) is 25.8 Å². The SMILES string of the molecule is Cc1nc2nc(C(F)(F)F)nn2c(C)c1CCC(=O)NCC(F)(F)CN. The Morgan fingerprint density at radius 1 is 1.19 bits per heavy atom. The number of hydrogen-bond acceptors (Lipinski definition) is 5. The maximum atomic E-state index is 13.0. The van der Waals surface area contributed by atoms with Crippen molar-refractivity contribution in [2.75, 3.05) is 13.1 Å². The quantitative estimate of drug-likeness (QED) is 0.739. The molecule has 2 aromatic rings. The molecule has 0 bridgehead atoms. The lowest BCUT2D eigenvalue weighted by atomic mass is 10.1. The van der Waals surface area contributed by atoms with Gasteiger partial charge in [-0.3, -0.25) is 4.79 Å². The molecule has 0 atom stereocenters. The third-order valence-electron chi connectivity index (χ3n) is 3.75. The van der Waals surface area contributed by atoms with E-state index in [-0.39, 0.29) is 18.6 Å². The summed E-state index contributed by atoms with van der Waals surface area (Å²) in [4.78, 5) is 19.0. The van der Waals surface area contributed by atoms with Gasteiger partial charge in [0, 0.05) is 17.8 Å². The van der Waals surface area contributed by atoms with Gasteiger partial charge in [0.2, 0.25) is 5.91 Å². The van der Waals surface area contributed by atoms with Crippen LogP contribution in [0.4, 0.5) is 22.0 Å². The summed E-state index contributed by atoms with van der Waals surface area (Å²) in [5.74, 6) is -5.35. The lowest BCUT2D eigenvalue weighted by Gasteiger charge is -2.15. The summed E-state index contributed by atoms with van der Waals surface area (Å²) in [6.45, 7) is 1.31. The van der Waals surface area contributed by atoms with Crippen LogP contribution in [0.5, 0.6) is 0 Å². The lowest BCUT2D eigenvalue weighted by Crippen LogP contribution is -2.41. The Bertz CT molecular complexity index is 816. The number of amides is 1. The molecular formula is C14H17F5N6O. The summed E-state index contributed by atoms with van der Waals surface area (Å²) in [7, 11) is 0. The number of rotatable bonds is 6. The highest BCUT2D eigenvalue weighted by molar-refractivity contribution is 5.76. The molecule has 0 fully saturated rings. The zero-order valence-electron chi connectivity index (χ0n) is 14.0. The number of aromatic nitrogens is 4. The molecule has 26 heavy (non-hydrogen) atoms. The largest absolute Gasteiger partial charge is 0.453 e. The third kappa shape index (κ3) is 4.42. The van der Waals surface area contributed by atoms with Crippen LogP contribution in [0.15, 0.2) is 0 Å². The number of halogens is 5. The van der Waals surface area contributed by atoms with Crippen LogP contribution in [-0.2, 0) is 17.4 Å². The topological polar surface area (TPSA) is 98.2 Å². The van der Waals surface area contributed by atoms with Crippen molar-refractivity contribution in [3.05, 3.63) is 22.8 Å². The van der Waals surface area contributed by atoms with Crippen molar-refractivity contribution in [1.29, 1.82) is 0 Å². The molecule has 0 spiro atoms. The Morgan fingerprint density at radius 2 is 1.85 bits per heavy atom. The molecule has 0 aromatic carbocycles. The number of nitrogens with zero attached hydrogens (tertiary/aromatic N) is 4. The Labute approximate surface area is 144 Å². The van der Waals surface area contributed by atoms with Crippen LogP contribution in [0.3, 0.4) is 0 Å². The van der Waals surface area contributed by atoms with Gasteiger partial charge < -0.3 is 11.1 Å². The van der Waals surface area contributed by atoms with Crippen LogP contribution in [0.1, 0.15) is 29.2 Å². The zero-order chi connectivity index (χ0) is 19.7. The first-order valence-electron chi connectivity index (χ1n) is 7.59. The number of nitrogens with one attached hydrogen (secondary N) is 1. The average molecular weight is 380 g/mol. The van der Waals surface area contributed by atoms with Crippen molar-refractivity contribution >= 4 is 11.7 Å². The third-order valence-corrected chi connectivity index (χ3v) is 3.75. The molecule has 0 aliphatic rings. The van der Waals surface area contributed by atoms with E-state index in [9.17, 15) is 26.7 Å². The Kier molecular flexibility index (Phi) is 5.44. The molecule has 12 heteroatoms. The van der Waals surface area contributed by atoms with E-state index in [1.807, 2.05) is 0 Å². The summed E-state index contributed by atoms with van der Waals surface area (Å²) >= 11 is 0. The molecule has 0 aliphatic carbocycles. The first-order valence-corrected chi connectivity index (χ1v) is 7.59. The highest BCUT2D eigenvalue weighted by atomic mass is 19.4. The van der Waals surface area contributed by atoms with E-state index in [4.69, 9.17) is 5.73 Å². The highest BCUT2D eigenvalue weighted by Crippen LogP contribution is 2.27. The second-order valence-corrected chi connectivity index (χ2v) is 5.74. The fraction of sp³-hybridized carbons (Fsp3) is 0.571. The van der Waals surface area contributed by atoms with Crippen LogP contribution >= 0.6 is 0 Å². The van der Waals surface area contributed by atoms with Crippen LogP contribution in [0, 0.1) is 13.8 Å². The van der Waals surface area contributed by atoms with Gasteiger partial charge in [-0.2, -0.15) is 18.2 Å². The van der Waals surface area contributed by atoms with E-state index in [1.54, 1.807) is 6.92 Å². The fourth-order valence-electron chi connectivity index (χ4n) is 2.32. The standard InChI is InChI=1S/C14H17F5N6O/c1-7-9(3-4-10(26)21-6-13(15,16)5-20)8(2)25-12(22-7)23-11(24-25)14(17,18)19/h3-6,20H2,1-2H3,(H,21,26). The monoisotopic (exact) mass is 380 g/mol. The van der Waals surface area contributed by atoms with Crippen molar-refractivity contribution in [1.82, 2.24) is 24.9 Å².